The molecule has 0 aliphatic carbocycles. The van der Waals surface area contributed by atoms with Gasteiger partial charge in [-0.15, -0.1) is 0 Å². The van der Waals surface area contributed by atoms with Crippen molar-refractivity contribution in [3.63, 3.8) is 0 Å². The molecule has 1 fully saturated rings. The van der Waals surface area contributed by atoms with Gasteiger partial charge in [-0.25, -0.2) is 0 Å². The van der Waals surface area contributed by atoms with E-state index in [1.165, 1.54) is 12.3 Å². The molecule has 11 heteroatoms. The third-order valence-electron chi connectivity index (χ3n) is 5.25. The van der Waals surface area contributed by atoms with Crippen molar-refractivity contribution in [1.29, 1.82) is 0 Å². The Balaban J connectivity index is 1.36. The van der Waals surface area contributed by atoms with E-state index in [1.54, 1.807) is 48.5 Å². The zero-order chi connectivity index (χ0) is 24.1. The number of nitrogens with one attached hydrogen (secondary N) is 3. The van der Waals surface area contributed by atoms with Crippen LogP contribution in [-0.4, -0.2) is 34.9 Å². The van der Waals surface area contributed by atoms with Crippen molar-refractivity contribution in [2.45, 2.75) is 12.8 Å². The summed E-state index contributed by atoms with van der Waals surface area (Å²) in [4.78, 5) is 37.7. The third kappa shape index (κ3) is 5.38. The smallest absolute Gasteiger partial charge is 0.293 e. The van der Waals surface area contributed by atoms with Crippen LogP contribution in [0.5, 0.6) is 0 Å². The Bertz CT molecular complexity index is 1220. The third-order valence-corrected chi connectivity index (χ3v) is 5.46. The van der Waals surface area contributed by atoms with Crippen molar-refractivity contribution in [3.05, 3.63) is 82.3 Å². The number of rotatable bonds is 6. The fourth-order valence-electron chi connectivity index (χ4n) is 3.61. The van der Waals surface area contributed by atoms with Gasteiger partial charge in [0, 0.05) is 36.1 Å². The minimum absolute atomic E-state index is 0.0312. The summed E-state index contributed by atoms with van der Waals surface area (Å²) < 4.78 is 5.05. The lowest BCUT2D eigenvalue weighted by atomic mass is 10.1. The molecule has 1 aromatic heterocycles. The molecule has 10 nitrogen and oxygen atoms in total. The van der Waals surface area contributed by atoms with Crippen LogP contribution in [0, 0.1) is 10.1 Å². The molecule has 3 N–H and O–H groups in total. The first-order chi connectivity index (χ1) is 16.4. The summed E-state index contributed by atoms with van der Waals surface area (Å²) in [5.74, 6) is -0.742. The number of nitro benzene ring substituents is 1. The molecule has 3 aromatic rings. The molecule has 1 aliphatic rings. The second-order valence-corrected chi connectivity index (χ2v) is 7.98. The topological polar surface area (TPSA) is 130 Å². The molecule has 174 valence electrons. The standard InChI is InChI=1S/C23H21N5O5S/c29-21(15-5-10-18(19(14-15)28(31)32)27-11-1-2-12-27)26-23(34)25-17-8-6-16(7-9-17)24-22(30)20-4-3-13-33-20/h3-10,13-14H,1-2,11-12H2,(H,24,30)(H2,25,26,29,34). The van der Waals surface area contributed by atoms with E-state index < -0.39 is 10.8 Å². The number of benzene rings is 2. The average Bonchev–Trinajstić information content (AvgIpc) is 3.54. The number of amides is 2. The van der Waals surface area contributed by atoms with Crippen molar-refractivity contribution >= 4 is 51.9 Å². The normalized spacial score (nSPS) is 12.8. The van der Waals surface area contributed by atoms with E-state index in [2.05, 4.69) is 16.0 Å². The first kappa shape index (κ1) is 22.9. The van der Waals surface area contributed by atoms with Gasteiger partial charge in [-0.1, -0.05) is 0 Å². The van der Waals surface area contributed by atoms with E-state index in [9.17, 15) is 19.7 Å². The number of nitro groups is 1. The fourth-order valence-corrected chi connectivity index (χ4v) is 3.82. The monoisotopic (exact) mass is 479 g/mol. The number of anilines is 3. The molecule has 0 atom stereocenters. The predicted molar refractivity (Wildman–Crippen MR) is 131 cm³/mol. The summed E-state index contributed by atoms with van der Waals surface area (Å²) >= 11 is 5.20. The highest BCUT2D eigenvalue weighted by atomic mass is 32.1. The summed E-state index contributed by atoms with van der Waals surface area (Å²) in [5, 5.41) is 19.7. The van der Waals surface area contributed by atoms with E-state index in [-0.39, 0.29) is 28.0 Å². The van der Waals surface area contributed by atoms with Gasteiger partial charge in [0.15, 0.2) is 10.9 Å². The Hall–Kier alpha value is -4.25. The molecule has 0 unspecified atom stereocenters. The maximum absolute atomic E-state index is 12.6. The quantitative estimate of drug-likeness (QED) is 0.273. The molecular weight excluding hydrogens is 458 g/mol. The second kappa shape index (κ2) is 10.1. The number of hydrogen-bond donors (Lipinski definition) is 3. The van der Waals surface area contributed by atoms with Crippen LogP contribution in [0.25, 0.3) is 0 Å². The first-order valence-electron chi connectivity index (χ1n) is 10.5. The van der Waals surface area contributed by atoms with Crippen molar-refractivity contribution in [3.8, 4) is 0 Å². The number of hydrogen-bond acceptors (Lipinski definition) is 7. The van der Waals surface area contributed by atoms with Crippen LogP contribution in [0.4, 0.5) is 22.7 Å². The van der Waals surface area contributed by atoms with Crippen molar-refractivity contribution < 1.29 is 18.9 Å². The summed E-state index contributed by atoms with van der Waals surface area (Å²) in [6, 6.07) is 14.3. The van der Waals surface area contributed by atoms with Crippen LogP contribution in [-0.2, 0) is 0 Å². The molecule has 1 aliphatic heterocycles. The van der Waals surface area contributed by atoms with E-state index in [1.807, 2.05) is 4.90 Å². The van der Waals surface area contributed by atoms with Crippen molar-refractivity contribution in [1.82, 2.24) is 5.32 Å². The van der Waals surface area contributed by atoms with Gasteiger partial charge in [0.25, 0.3) is 17.5 Å². The molecule has 0 saturated carbocycles. The molecule has 0 spiro atoms. The number of carbonyl (C=O) groups excluding carboxylic acids is 2. The molecular formula is C23H21N5O5S. The van der Waals surface area contributed by atoms with E-state index in [0.29, 0.717) is 17.1 Å². The molecule has 2 amide bonds. The summed E-state index contributed by atoms with van der Waals surface area (Å²) in [5.41, 5.74) is 1.67. The van der Waals surface area contributed by atoms with Gasteiger partial charge in [-0.05, 0) is 73.6 Å². The molecule has 1 saturated heterocycles. The van der Waals surface area contributed by atoms with Crippen LogP contribution < -0.4 is 20.9 Å². The van der Waals surface area contributed by atoms with Gasteiger partial charge >= 0.3 is 0 Å². The molecule has 34 heavy (non-hydrogen) atoms. The van der Waals surface area contributed by atoms with Gasteiger partial charge in [0.2, 0.25) is 0 Å². The Labute approximate surface area is 200 Å². The van der Waals surface area contributed by atoms with E-state index in [0.717, 1.165) is 25.9 Å². The number of furan rings is 1. The molecule has 2 heterocycles. The van der Waals surface area contributed by atoms with Gasteiger partial charge in [0.1, 0.15) is 5.69 Å². The van der Waals surface area contributed by atoms with Crippen LogP contribution in [0.3, 0.4) is 0 Å². The zero-order valence-electron chi connectivity index (χ0n) is 17.9. The second-order valence-electron chi connectivity index (χ2n) is 7.57. The van der Waals surface area contributed by atoms with Crippen LogP contribution in [0.1, 0.15) is 33.8 Å². The van der Waals surface area contributed by atoms with Crippen molar-refractivity contribution in [2.75, 3.05) is 28.6 Å². The molecule has 0 radical (unpaired) electrons. The zero-order valence-corrected chi connectivity index (χ0v) is 18.8. The fraction of sp³-hybridized carbons (Fsp3) is 0.174. The first-order valence-corrected chi connectivity index (χ1v) is 10.9. The maximum atomic E-state index is 12.6. The summed E-state index contributed by atoms with van der Waals surface area (Å²) in [6.07, 6.45) is 3.38. The minimum atomic E-state index is -0.559. The Morgan fingerprint density at radius 2 is 1.65 bits per heavy atom. The number of thiocarbonyl (C=S) groups is 1. The SMILES string of the molecule is O=C(NC(=S)Nc1ccc(NC(=O)c2ccco2)cc1)c1ccc(N2CCCC2)c([N+](=O)[O-])c1. The van der Waals surface area contributed by atoms with Crippen LogP contribution >= 0.6 is 12.2 Å². The maximum Gasteiger partial charge on any atom is 0.293 e. The highest BCUT2D eigenvalue weighted by molar-refractivity contribution is 7.80. The molecule has 4 rings (SSSR count). The molecule has 2 aromatic carbocycles. The lowest BCUT2D eigenvalue weighted by Crippen LogP contribution is -2.34. The Morgan fingerprint density at radius 1 is 0.971 bits per heavy atom. The molecule has 0 bridgehead atoms. The Kier molecular flexibility index (Phi) is 6.83. The lowest BCUT2D eigenvalue weighted by molar-refractivity contribution is -0.384. The number of carbonyl (C=O) groups is 2. The van der Waals surface area contributed by atoms with Crippen LogP contribution in [0.2, 0.25) is 0 Å². The Morgan fingerprint density at radius 3 is 2.26 bits per heavy atom. The highest BCUT2D eigenvalue weighted by Gasteiger charge is 2.24. The summed E-state index contributed by atoms with van der Waals surface area (Å²) in [6.45, 7) is 1.51. The highest BCUT2D eigenvalue weighted by Crippen LogP contribution is 2.31. The van der Waals surface area contributed by atoms with E-state index in [4.69, 9.17) is 16.6 Å². The van der Waals surface area contributed by atoms with Crippen molar-refractivity contribution in [2.24, 2.45) is 0 Å². The average molecular weight is 480 g/mol. The lowest BCUT2D eigenvalue weighted by Gasteiger charge is -2.18. The number of nitrogens with zero attached hydrogens (tertiary/aromatic N) is 2. The largest absolute Gasteiger partial charge is 0.459 e. The summed E-state index contributed by atoms with van der Waals surface area (Å²) in [7, 11) is 0. The van der Waals surface area contributed by atoms with Gasteiger partial charge in [0.05, 0.1) is 11.2 Å². The van der Waals surface area contributed by atoms with Gasteiger partial charge in [-0.2, -0.15) is 0 Å². The minimum Gasteiger partial charge on any atom is -0.459 e. The predicted octanol–water partition coefficient (Wildman–Crippen LogP) is 4.17. The van der Waals surface area contributed by atoms with Gasteiger partial charge < -0.3 is 20.0 Å². The van der Waals surface area contributed by atoms with E-state index >= 15 is 0 Å². The van der Waals surface area contributed by atoms with Crippen LogP contribution in [0.15, 0.2) is 65.3 Å². The van der Waals surface area contributed by atoms with Gasteiger partial charge in [-0.3, -0.25) is 25.0 Å².